The summed E-state index contributed by atoms with van der Waals surface area (Å²) in [6.07, 6.45) is 0.172. The second-order valence-corrected chi connectivity index (χ2v) is 9.35. The number of halogens is 3. The monoisotopic (exact) mass is 471 g/mol. The van der Waals surface area contributed by atoms with E-state index in [-0.39, 0.29) is 0 Å². The standard InChI is InChI=1S/C24H20F3N3O2S/c1-30-22-15-17(19-5-3-4-6-20(19)29-33(2,31)32)10-13-21(22)28-23(30)14-9-16-7-11-18(12-8-16)24(25,26)27/h3-15,29H,1-2H3/b14-9+. The quantitative estimate of drug-likeness (QED) is 0.400. The fourth-order valence-corrected chi connectivity index (χ4v) is 4.08. The predicted molar refractivity (Wildman–Crippen MR) is 125 cm³/mol. The molecule has 170 valence electrons. The Hall–Kier alpha value is -3.59. The van der Waals surface area contributed by atoms with Gasteiger partial charge in [0.1, 0.15) is 5.82 Å². The number of imidazole rings is 1. The van der Waals surface area contributed by atoms with E-state index in [2.05, 4.69) is 9.71 Å². The third-order valence-electron chi connectivity index (χ3n) is 5.11. The molecule has 4 rings (SSSR count). The van der Waals surface area contributed by atoms with E-state index < -0.39 is 21.8 Å². The first-order valence-corrected chi connectivity index (χ1v) is 11.8. The van der Waals surface area contributed by atoms with Gasteiger partial charge in [0.05, 0.1) is 28.5 Å². The molecule has 0 unspecified atom stereocenters. The van der Waals surface area contributed by atoms with Crippen LogP contribution >= 0.6 is 0 Å². The minimum absolute atomic E-state index is 0.476. The molecule has 0 aliphatic rings. The van der Waals surface area contributed by atoms with Gasteiger partial charge in [0.2, 0.25) is 10.0 Å². The lowest BCUT2D eigenvalue weighted by molar-refractivity contribution is -0.137. The number of nitrogens with one attached hydrogen (secondary N) is 1. The summed E-state index contributed by atoms with van der Waals surface area (Å²) in [5.74, 6) is 0.629. The minimum atomic E-state index is -4.37. The van der Waals surface area contributed by atoms with Crippen LogP contribution in [0, 0.1) is 0 Å². The molecular weight excluding hydrogens is 451 g/mol. The van der Waals surface area contributed by atoms with Crippen LogP contribution in [0.15, 0.2) is 66.7 Å². The highest BCUT2D eigenvalue weighted by Crippen LogP contribution is 2.32. The van der Waals surface area contributed by atoms with Gasteiger partial charge in [-0.2, -0.15) is 13.2 Å². The van der Waals surface area contributed by atoms with Crippen LogP contribution in [0.25, 0.3) is 34.3 Å². The van der Waals surface area contributed by atoms with Crippen molar-refractivity contribution in [2.75, 3.05) is 11.0 Å². The normalized spacial score (nSPS) is 12.5. The summed E-state index contributed by atoms with van der Waals surface area (Å²) < 4.78 is 66.1. The third-order valence-corrected chi connectivity index (χ3v) is 5.70. The molecule has 3 aromatic carbocycles. The van der Waals surface area contributed by atoms with Gasteiger partial charge < -0.3 is 4.57 Å². The van der Waals surface area contributed by atoms with E-state index in [9.17, 15) is 21.6 Å². The Morgan fingerprint density at radius 1 is 0.970 bits per heavy atom. The molecule has 0 bridgehead atoms. The predicted octanol–water partition coefficient (Wildman–Crippen LogP) is 5.80. The Labute approximate surface area is 189 Å². The van der Waals surface area contributed by atoms with Gasteiger partial charge in [-0.15, -0.1) is 0 Å². The number of hydrogen-bond donors (Lipinski definition) is 1. The third kappa shape index (κ3) is 5.09. The van der Waals surface area contributed by atoms with Gasteiger partial charge >= 0.3 is 6.18 Å². The van der Waals surface area contributed by atoms with Crippen molar-refractivity contribution >= 4 is 38.9 Å². The minimum Gasteiger partial charge on any atom is -0.328 e. The average molecular weight is 472 g/mol. The van der Waals surface area contributed by atoms with Crippen molar-refractivity contribution in [2.45, 2.75) is 6.18 Å². The van der Waals surface area contributed by atoms with Crippen LogP contribution in [-0.2, 0) is 23.2 Å². The first kappa shape index (κ1) is 22.6. The molecular formula is C24H20F3N3O2S. The Morgan fingerprint density at radius 2 is 1.67 bits per heavy atom. The second-order valence-electron chi connectivity index (χ2n) is 7.61. The highest BCUT2D eigenvalue weighted by molar-refractivity contribution is 7.92. The summed E-state index contributed by atoms with van der Waals surface area (Å²) in [7, 11) is -1.60. The molecule has 1 N–H and O–H groups in total. The van der Waals surface area contributed by atoms with Crippen molar-refractivity contribution < 1.29 is 21.6 Å². The number of para-hydroxylation sites is 1. The first-order valence-electron chi connectivity index (χ1n) is 9.90. The summed E-state index contributed by atoms with van der Waals surface area (Å²) in [5, 5.41) is 0. The maximum absolute atomic E-state index is 12.7. The Balaban J connectivity index is 1.67. The van der Waals surface area contributed by atoms with Crippen molar-refractivity contribution in [3.8, 4) is 11.1 Å². The molecule has 0 amide bonds. The van der Waals surface area contributed by atoms with E-state index in [0.29, 0.717) is 17.1 Å². The SMILES string of the molecule is Cn1c(/C=C/c2ccc(C(F)(F)F)cc2)nc2ccc(-c3ccccc3NS(C)(=O)=O)cc21. The number of benzene rings is 3. The van der Waals surface area contributed by atoms with E-state index in [1.165, 1.54) is 12.1 Å². The lowest BCUT2D eigenvalue weighted by Crippen LogP contribution is -2.10. The topological polar surface area (TPSA) is 64.0 Å². The number of sulfonamides is 1. The molecule has 5 nitrogen and oxygen atoms in total. The summed E-state index contributed by atoms with van der Waals surface area (Å²) in [6, 6.07) is 17.6. The maximum atomic E-state index is 12.7. The van der Waals surface area contributed by atoms with Crippen LogP contribution in [0.5, 0.6) is 0 Å². The highest BCUT2D eigenvalue weighted by Gasteiger charge is 2.29. The van der Waals surface area contributed by atoms with Crippen LogP contribution in [0.3, 0.4) is 0 Å². The van der Waals surface area contributed by atoms with Gasteiger partial charge in [0.15, 0.2) is 0 Å². The fraction of sp³-hybridized carbons (Fsp3) is 0.125. The molecule has 1 heterocycles. The van der Waals surface area contributed by atoms with Crippen LogP contribution < -0.4 is 4.72 Å². The van der Waals surface area contributed by atoms with E-state index in [4.69, 9.17) is 0 Å². The number of hydrogen-bond acceptors (Lipinski definition) is 3. The molecule has 0 radical (unpaired) electrons. The van der Waals surface area contributed by atoms with E-state index in [1.807, 2.05) is 41.9 Å². The van der Waals surface area contributed by atoms with Crippen LogP contribution in [-0.4, -0.2) is 24.2 Å². The summed E-state index contributed by atoms with van der Waals surface area (Å²) in [6.45, 7) is 0. The van der Waals surface area contributed by atoms with Crippen LogP contribution in [0.4, 0.5) is 18.9 Å². The molecule has 1 aromatic heterocycles. The number of anilines is 1. The number of aryl methyl sites for hydroxylation is 1. The van der Waals surface area contributed by atoms with Crippen LogP contribution in [0.2, 0.25) is 0 Å². The largest absolute Gasteiger partial charge is 0.416 e. The molecule has 0 atom stereocenters. The molecule has 0 fully saturated rings. The second kappa shape index (κ2) is 8.40. The molecule has 0 spiro atoms. The smallest absolute Gasteiger partial charge is 0.328 e. The van der Waals surface area contributed by atoms with Crippen molar-refractivity contribution in [2.24, 2.45) is 7.05 Å². The Morgan fingerprint density at radius 3 is 2.33 bits per heavy atom. The fourth-order valence-electron chi connectivity index (χ4n) is 3.50. The summed E-state index contributed by atoms with van der Waals surface area (Å²) >= 11 is 0. The highest BCUT2D eigenvalue weighted by atomic mass is 32.2. The van der Waals surface area contributed by atoms with Crippen LogP contribution in [0.1, 0.15) is 17.0 Å². The average Bonchev–Trinajstić information content (AvgIpc) is 3.06. The van der Waals surface area contributed by atoms with E-state index in [0.717, 1.165) is 40.5 Å². The van der Waals surface area contributed by atoms with Gasteiger partial charge in [-0.05, 0) is 47.5 Å². The van der Waals surface area contributed by atoms with E-state index in [1.54, 1.807) is 24.3 Å². The van der Waals surface area contributed by atoms with Gasteiger partial charge in [0, 0.05) is 12.6 Å². The zero-order valence-corrected chi connectivity index (χ0v) is 18.6. The first-order chi connectivity index (χ1) is 15.5. The Kier molecular flexibility index (Phi) is 5.75. The van der Waals surface area contributed by atoms with Crippen molar-refractivity contribution in [1.82, 2.24) is 9.55 Å². The van der Waals surface area contributed by atoms with Crippen molar-refractivity contribution in [3.63, 3.8) is 0 Å². The molecule has 0 aliphatic heterocycles. The lowest BCUT2D eigenvalue weighted by Gasteiger charge is -2.11. The lowest BCUT2D eigenvalue weighted by atomic mass is 10.0. The van der Waals surface area contributed by atoms with E-state index >= 15 is 0 Å². The zero-order valence-electron chi connectivity index (χ0n) is 17.8. The summed E-state index contributed by atoms with van der Waals surface area (Å²) in [4.78, 5) is 4.59. The van der Waals surface area contributed by atoms with Gasteiger partial charge in [-0.1, -0.05) is 42.5 Å². The number of nitrogens with zero attached hydrogens (tertiary/aromatic N) is 2. The molecule has 33 heavy (non-hydrogen) atoms. The molecule has 9 heteroatoms. The van der Waals surface area contributed by atoms with Crippen molar-refractivity contribution in [3.05, 3.63) is 83.7 Å². The number of rotatable bonds is 5. The molecule has 4 aromatic rings. The number of alkyl halides is 3. The van der Waals surface area contributed by atoms with Gasteiger partial charge in [-0.25, -0.2) is 13.4 Å². The van der Waals surface area contributed by atoms with Crippen molar-refractivity contribution in [1.29, 1.82) is 0 Å². The van der Waals surface area contributed by atoms with Gasteiger partial charge in [-0.3, -0.25) is 4.72 Å². The Bertz CT molecular complexity index is 1450. The number of aromatic nitrogens is 2. The number of fused-ring (bicyclic) bond motifs is 1. The van der Waals surface area contributed by atoms with Gasteiger partial charge in [0.25, 0.3) is 0 Å². The molecule has 0 aliphatic carbocycles. The molecule has 0 saturated carbocycles. The summed E-state index contributed by atoms with van der Waals surface area (Å²) in [5.41, 5.74) is 3.51. The maximum Gasteiger partial charge on any atom is 0.416 e. The molecule has 0 saturated heterocycles. The zero-order chi connectivity index (χ0) is 23.8.